The van der Waals surface area contributed by atoms with Crippen molar-refractivity contribution in [3.05, 3.63) is 71.4 Å². The number of ketones is 1. The van der Waals surface area contributed by atoms with Crippen molar-refractivity contribution in [2.45, 2.75) is 45.9 Å². The second-order valence-corrected chi connectivity index (χ2v) is 8.90. The number of fused-ring (bicyclic) bond motifs is 1. The van der Waals surface area contributed by atoms with E-state index in [1.807, 2.05) is 52.0 Å². The Bertz CT molecular complexity index is 1240. The molecule has 1 aliphatic heterocycles. The molecule has 0 aliphatic carbocycles. The summed E-state index contributed by atoms with van der Waals surface area (Å²) in [6.45, 7) is 8.15. The number of hydrogen-bond donors (Lipinski definition) is 2. The first kappa shape index (κ1) is 23.6. The van der Waals surface area contributed by atoms with Gasteiger partial charge < -0.3 is 24.5 Å². The fourth-order valence-electron chi connectivity index (χ4n) is 4.29. The van der Waals surface area contributed by atoms with Gasteiger partial charge in [-0.3, -0.25) is 9.59 Å². The molecule has 1 amide bonds. The first-order valence-electron chi connectivity index (χ1n) is 11.5. The molecule has 1 unspecified atom stereocenters. The summed E-state index contributed by atoms with van der Waals surface area (Å²) in [5.41, 5.74) is 2.10. The number of H-pyrrole nitrogens is 1. The average molecular weight is 463 g/mol. The van der Waals surface area contributed by atoms with E-state index in [-0.39, 0.29) is 36.7 Å². The topological polar surface area (TPSA) is 91.9 Å². The first-order chi connectivity index (χ1) is 16.3. The molecule has 1 aromatic heterocycles. The monoisotopic (exact) mass is 462 g/mol. The Morgan fingerprint density at radius 1 is 1.06 bits per heavy atom. The summed E-state index contributed by atoms with van der Waals surface area (Å²) in [4.78, 5) is 31.1. The molecule has 1 fully saturated rings. The van der Waals surface area contributed by atoms with Crippen LogP contribution in [0.15, 0.2) is 60.3 Å². The average Bonchev–Trinajstić information content (AvgIpc) is 3.32. The lowest BCUT2D eigenvalue weighted by atomic mass is 9.95. The number of benzene rings is 2. The number of aromatic nitrogens is 1. The van der Waals surface area contributed by atoms with Crippen molar-refractivity contribution in [3.8, 4) is 5.75 Å². The molecule has 1 saturated heterocycles. The highest BCUT2D eigenvalue weighted by atomic mass is 16.5. The molecule has 4 rings (SSSR count). The highest BCUT2D eigenvalue weighted by Crippen LogP contribution is 2.42. The van der Waals surface area contributed by atoms with Crippen molar-refractivity contribution in [2.24, 2.45) is 0 Å². The molecule has 1 aliphatic rings. The largest absolute Gasteiger partial charge is 0.507 e. The number of Topliss-reactive ketones (excluding diaryl/α,β-unsaturated/α-hetero) is 1. The van der Waals surface area contributed by atoms with E-state index in [1.54, 1.807) is 30.5 Å². The number of ether oxygens (including phenoxy) is 2. The van der Waals surface area contributed by atoms with Gasteiger partial charge >= 0.3 is 0 Å². The number of likely N-dealkylation sites (tertiary alicyclic amines) is 1. The van der Waals surface area contributed by atoms with Crippen LogP contribution in [0, 0.1) is 0 Å². The lowest BCUT2D eigenvalue weighted by molar-refractivity contribution is -0.140. The molecule has 0 radical (unpaired) electrons. The van der Waals surface area contributed by atoms with Gasteiger partial charge in [-0.15, -0.1) is 0 Å². The van der Waals surface area contributed by atoms with Crippen LogP contribution in [-0.2, 0) is 14.3 Å². The van der Waals surface area contributed by atoms with Crippen LogP contribution in [0.25, 0.3) is 16.7 Å². The highest BCUT2D eigenvalue weighted by Gasteiger charge is 2.46. The molecule has 7 nitrogen and oxygen atoms in total. The molecule has 0 bridgehead atoms. The van der Waals surface area contributed by atoms with Crippen LogP contribution in [0.3, 0.4) is 0 Å². The van der Waals surface area contributed by atoms with Gasteiger partial charge in [0.15, 0.2) is 0 Å². The Morgan fingerprint density at radius 2 is 1.82 bits per heavy atom. The van der Waals surface area contributed by atoms with Crippen molar-refractivity contribution in [1.82, 2.24) is 9.88 Å². The molecule has 2 aromatic carbocycles. The molecule has 178 valence electrons. The minimum atomic E-state index is -0.749. The maximum absolute atomic E-state index is 13.2. The van der Waals surface area contributed by atoms with E-state index in [0.29, 0.717) is 11.3 Å². The Morgan fingerprint density at radius 3 is 2.56 bits per heavy atom. The van der Waals surface area contributed by atoms with Gasteiger partial charge in [0.25, 0.3) is 11.7 Å². The zero-order valence-corrected chi connectivity index (χ0v) is 19.9. The first-order valence-corrected chi connectivity index (χ1v) is 11.5. The molecule has 3 aromatic rings. The highest BCUT2D eigenvalue weighted by molar-refractivity contribution is 6.46. The number of para-hydroxylation sites is 1. The molecule has 0 saturated carbocycles. The van der Waals surface area contributed by atoms with Crippen LogP contribution in [0.2, 0.25) is 0 Å². The van der Waals surface area contributed by atoms with E-state index in [1.165, 1.54) is 4.90 Å². The number of amides is 1. The zero-order chi connectivity index (χ0) is 24.4. The fraction of sp³-hybridized carbons (Fsp3) is 0.333. The third-order valence-corrected chi connectivity index (χ3v) is 5.72. The second-order valence-electron chi connectivity index (χ2n) is 8.90. The number of carbonyl (C=O) groups excluding carboxylic acids is 2. The van der Waals surface area contributed by atoms with Crippen LogP contribution in [0.4, 0.5) is 0 Å². The predicted octanol–water partition coefficient (Wildman–Crippen LogP) is 4.80. The van der Waals surface area contributed by atoms with Crippen LogP contribution in [0.1, 0.15) is 44.9 Å². The van der Waals surface area contributed by atoms with Gasteiger partial charge in [-0.05, 0) is 45.9 Å². The minimum Gasteiger partial charge on any atom is -0.507 e. The van der Waals surface area contributed by atoms with Crippen molar-refractivity contribution < 1.29 is 24.2 Å². The van der Waals surface area contributed by atoms with E-state index in [4.69, 9.17) is 9.47 Å². The molecular formula is C27H30N2O5. The Labute approximate surface area is 199 Å². The van der Waals surface area contributed by atoms with Gasteiger partial charge in [0.2, 0.25) is 0 Å². The summed E-state index contributed by atoms with van der Waals surface area (Å²) in [6, 6.07) is 13.8. The van der Waals surface area contributed by atoms with E-state index < -0.39 is 17.7 Å². The molecule has 7 heteroatoms. The third-order valence-electron chi connectivity index (χ3n) is 5.72. The van der Waals surface area contributed by atoms with Gasteiger partial charge in [-0.1, -0.05) is 30.3 Å². The van der Waals surface area contributed by atoms with E-state index >= 15 is 0 Å². The maximum atomic E-state index is 13.2. The summed E-state index contributed by atoms with van der Waals surface area (Å²) in [5, 5.41) is 12.2. The molecule has 34 heavy (non-hydrogen) atoms. The number of aliphatic hydroxyl groups excluding tert-OH is 1. The SMILES string of the molecule is CC(C)OCCN1C(=O)C(=O)/C(=C(/O)c2cccc(OC(C)C)c2)C1c1c[nH]c2ccccc12. The number of aliphatic hydroxyl groups is 1. The van der Waals surface area contributed by atoms with Gasteiger partial charge in [0.05, 0.1) is 30.4 Å². The van der Waals surface area contributed by atoms with Crippen molar-refractivity contribution in [1.29, 1.82) is 0 Å². The van der Waals surface area contributed by atoms with Crippen molar-refractivity contribution >= 4 is 28.4 Å². The van der Waals surface area contributed by atoms with Gasteiger partial charge in [0.1, 0.15) is 11.5 Å². The number of hydrogen-bond acceptors (Lipinski definition) is 5. The predicted molar refractivity (Wildman–Crippen MR) is 131 cm³/mol. The lowest BCUT2D eigenvalue weighted by Crippen LogP contribution is -2.33. The van der Waals surface area contributed by atoms with Crippen LogP contribution in [0.5, 0.6) is 5.75 Å². The number of rotatable bonds is 8. The van der Waals surface area contributed by atoms with E-state index in [9.17, 15) is 14.7 Å². The minimum absolute atomic E-state index is 0.00735. The molecule has 2 N–H and O–H groups in total. The quantitative estimate of drug-likeness (QED) is 0.285. The Kier molecular flexibility index (Phi) is 6.75. The maximum Gasteiger partial charge on any atom is 0.295 e. The van der Waals surface area contributed by atoms with Gasteiger partial charge in [-0.25, -0.2) is 0 Å². The van der Waals surface area contributed by atoms with Crippen LogP contribution in [-0.4, -0.2) is 52.0 Å². The normalized spacial score (nSPS) is 17.9. The zero-order valence-electron chi connectivity index (χ0n) is 19.9. The summed E-state index contributed by atoms with van der Waals surface area (Å²) < 4.78 is 11.4. The molecule has 2 heterocycles. The molecular weight excluding hydrogens is 432 g/mol. The second kappa shape index (κ2) is 9.73. The summed E-state index contributed by atoms with van der Waals surface area (Å²) in [5.74, 6) is -1.02. The molecule has 0 spiro atoms. The molecule has 1 atom stereocenters. The number of carbonyl (C=O) groups is 2. The number of nitrogens with zero attached hydrogens (tertiary/aromatic N) is 1. The summed E-state index contributed by atoms with van der Waals surface area (Å²) in [7, 11) is 0. The lowest BCUT2D eigenvalue weighted by Gasteiger charge is -2.25. The Hall–Kier alpha value is -3.58. The van der Waals surface area contributed by atoms with Gasteiger partial charge in [-0.2, -0.15) is 0 Å². The number of nitrogens with one attached hydrogen (secondary N) is 1. The van der Waals surface area contributed by atoms with Gasteiger partial charge in [0, 0.05) is 34.8 Å². The number of aromatic amines is 1. The standard InChI is InChI=1S/C27H30N2O5/c1-16(2)33-13-12-29-24(21-15-28-22-11-6-5-10-20(21)22)23(26(31)27(29)32)25(30)18-8-7-9-19(14-18)34-17(3)4/h5-11,14-17,24,28,30H,12-13H2,1-4H3/b25-23+. The third kappa shape index (κ3) is 4.56. The van der Waals surface area contributed by atoms with Crippen LogP contribution >= 0.6 is 0 Å². The smallest absolute Gasteiger partial charge is 0.295 e. The Balaban J connectivity index is 1.84. The van der Waals surface area contributed by atoms with Crippen LogP contribution < -0.4 is 4.74 Å². The van der Waals surface area contributed by atoms with E-state index in [2.05, 4.69) is 4.98 Å². The van der Waals surface area contributed by atoms with Crippen molar-refractivity contribution in [3.63, 3.8) is 0 Å². The summed E-state index contributed by atoms with van der Waals surface area (Å²) >= 11 is 0. The fourth-order valence-corrected chi connectivity index (χ4v) is 4.29. The summed E-state index contributed by atoms with van der Waals surface area (Å²) in [6.07, 6.45) is 1.74. The van der Waals surface area contributed by atoms with Crippen molar-refractivity contribution in [2.75, 3.05) is 13.2 Å². The van der Waals surface area contributed by atoms with E-state index in [0.717, 1.165) is 16.5 Å².